The van der Waals surface area contributed by atoms with Crippen LogP contribution in [0.25, 0.3) is 0 Å². The van der Waals surface area contributed by atoms with Gasteiger partial charge in [-0.3, -0.25) is 28.8 Å². The molecule has 0 saturated carbocycles. The van der Waals surface area contributed by atoms with E-state index in [0.717, 1.165) is 0 Å². The van der Waals surface area contributed by atoms with Gasteiger partial charge in [-0.15, -0.1) is 0 Å². The number of carbonyl (C=O) groups is 7. The van der Waals surface area contributed by atoms with Gasteiger partial charge in [-0.25, -0.2) is 4.79 Å². The molecule has 6 N–H and O–H groups in total. The number of likely N-dealkylation sites (tertiary alicyclic amines) is 1. The minimum absolute atomic E-state index is 0.0369. The summed E-state index contributed by atoms with van der Waals surface area (Å²) in [7, 11) is 0. The third-order valence-corrected chi connectivity index (χ3v) is 7.98. The van der Waals surface area contributed by atoms with E-state index in [4.69, 9.17) is 15.2 Å². The number of Topliss-reactive ketones (excluding diaryl/α,β-unsaturated/α-hetero) is 1. The molecule has 5 atom stereocenters. The molecule has 2 rings (SSSR count). The minimum Gasteiger partial charge on any atom is -0.444 e. The Morgan fingerprint density at radius 2 is 1.50 bits per heavy atom. The Labute approximate surface area is 306 Å². The summed E-state index contributed by atoms with van der Waals surface area (Å²) in [6.07, 6.45) is 0.00771. The molecule has 0 aliphatic carbocycles. The first-order valence-corrected chi connectivity index (χ1v) is 17.7. The zero-order valence-electron chi connectivity index (χ0n) is 32.2. The fraction of sp³-hybridized carbons (Fsp3) is 0.649. The smallest absolute Gasteiger partial charge is 0.408 e. The molecule has 1 aromatic rings. The summed E-state index contributed by atoms with van der Waals surface area (Å²) in [6.45, 7) is 17.3. The fourth-order valence-corrected chi connectivity index (χ4v) is 5.64. The maximum absolute atomic E-state index is 14.2. The predicted octanol–water partition coefficient (Wildman–Crippen LogP) is 2.41. The molecule has 1 saturated heterocycles. The van der Waals surface area contributed by atoms with Gasteiger partial charge in [0.2, 0.25) is 29.4 Å². The standard InChI is InChI=1S/C37H58N6O9/c1-11-12-18-24(28(45)32(48)39-20-26(44)41-27(30(38)46)22-16-14-13-15-17-22)40-31(47)25-19-23(51-36(5,6)7)21-43(25)33(49)29(35(2,3)4)42-34(50)52-37(8,9)10/h13-17,23-25,27,29H,11-12,18-21H2,1-10H3,(H2,38,46)(H,39,48)(H,40,47)(H,41,44)(H,42,50)/t23-,24?,25+,27+,29-/m1/s1. The number of nitrogens with zero attached hydrogens (tertiary/aromatic N) is 1. The van der Waals surface area contributed by atoms with Crippen LogP contribution in [-0.4, -0.2) is 94.8 Å². The second-order valence-corrected chi connectivity index (χ2v) is 16.1. The topological polar surface area (TPSA) is 215 Å². The normalized spacial score (nSPS) is 18.0. The summed E-state index contributed by atoms with van der Waals surface area (Å²) in [4.78, 5) is 93.4. The molecule has 1 aliphatic rings. The number of hydrogen-bond acceptors (Lipinski definition) is 9. The van der Waals surface area contributed by atoms with Crippen molar-refractivity contribution in [1.82, 2.24) is 26.2 Å². The van der Waals surface area contributed by atoms with Crippen LogP contribution >= 0.6 is 0 Å². The van der Waals surface area contributed by atoms with Gasteiger partial charge < -0.3 is 41.4 Å². The summed E-state index contributed by atoms with van der Waals surface area (Å²) in [5.74, 6) is -4.89. The monoisotopic (exact) mass is 730 g/mol. The van der Waals surface area contributed by atoms with Crippen molar-refractivity contribution in [3.05, 3.63) is 35.9 Å². The number of carbonyl (C=O) groups excluding carboxylic acids is 7. The van der Waals surface area contributed by atoms with Crippen LogP contribution in [-0.2, 0) is 38.2 Å². The van der Waals surface area contributed by atoms with Crippen molar-refractivity contribution in [2.24, 2.45) is 11.1 Å². The average molecular weight is 731 g/mol. The Morgan fingerprint density at radius 1 is 0.885 bits per heavy atom. The maximum atomic E-state index is 14.2. The number of hydrogen-bond donors (Lipinski definition) is 5. The van der Waals surface area contributed by atoms with Gasteiger partial charge in [0.1, 0.15) is 23.7 Å². The SMILES string of the molecule is CCCCC(NC(=O)[C@@H]1C[C@@H](OC(C)(C)C)CN1C(=O)[C@@H](NC(=O)OC(C)(C)C)C(C)(C)C)C(=O)C(=O)NCC(=O)N[C@H](C(N)=O)c1ccccc1. The Balaban J connectivity index is 2.27. The number of amides is 6. The van der Waals surface area contributed by atoms with E-state index in [9.17, 15) is 33.6 Å². The molecule has 15 heteroatoms. The Bertz CT molecular complexity index is 1450. The van der Waals surface area contributed by atoms with Crippen molar-refractivity contribution < 1.29 is 43.0 Å². The quantitative estimate of drug-likeness (QED) is 0.167. The number of nitrogens with two attached hydrogens (primary N) is 1. The van der Waals surface area contributed by atoms with E-state index < -0.39 is 94.8 Å². The number of nitrogens with one attached hydrogen (secondary N) is 4. The summed E-state index contributed by atoms with van der Waals surface area (Å²) in [6, 6.07) is 3.68. The minimum atomic E-state index is -1.27. The molecule has 15 nitrogen and oxygen atoms in total. The Hall–Kier alpha value is -4.53. The molecule has 1 heterocycles. The van der Waals surface area contributed by atoms with E-state index in [1.807, 2.05) is 27.7 Å². The van der Waals surface area contributed by atoms with Crippen molar-refractivity contribution in [1.29, 1.82) is 0 Å². The van der Waals surface area contributed by atoms with Crippen LogP contribution in [0.5, 0.6) is 0 Å². The average Bonchev–Trinajstić information content (AvgIpc) is 3.43. The third kappa shape index (κ3) is 13.9. The maximum Gasteiger partial charge on any atom is 0.408 e. The molecule has 1 fully saturated rings. The van der Waals surface area contributed by atoms with Crippen LogP contribution in [0.3, 0.4) is 0 Å². The van der Waals surface area contributed by atoms with Gasteiger partial charge in [-0.2, -0.15) is 0 Å². The number of rotatable bonds is 15. The highest BCUT2D eigenvalue weighted by Crippen LogP contribution is 2.29. The highest BCUT2D eigenvalue weighted by Gasteiger charge is 2.47. The number of unbranched alkanes of at least 4 members (excludes halogenated alkanes) is 1. The lowest BCUT2D eigenvalue weighted by Crippen LogP contribution is -2.59. The molecular formula is C37H58N6O9. The van der Waals surface area contributed by atoms with Crippen LogP contribution < -0.4 is 27.0 Å². The molecule has 0 spiro atoms. The van der Waals surface area contributed by atoms with Gasteiger partial charge in [0.25, 0.3) is 5.91 Å². The predicted molar refractivity (Wildman–Crippen MR) is 193 cm³/mol. The van der Waals surface area contributed by atoms with Gasteiger partial charge in [0, 0.05) is 13.0 Å². The first-order valence-electron chi connectivity index (χ1n) is 17.7. The lowest BCUT2D eigenvalue weighted by Gasteiger charge is -2.36. The molecule has 0 radical (unpaired) electrons. The van der Waals surface area contributed by atoms with E-state index >= 15 is 0 Å². The Kier molecular flexibility index (Phi) is 15.4. The number of ketones is 1. The lowest BCUT2D eigenvalue weighted by atomic mass is 9.85. The van der Waals surface area contributed by atoms with E-state index in [1.54, 1.807) is 71.9 Å². The highest BCUT2D eigenvalue weighted by atomic mass is 16.6. The number of alkyl carbamates (subject to hydrolysis) is 1. The molecular weight excluding hydrogens is 672 g/mol. The van der Waals surface area contributed by atoms with Crippen molar-refractivity contribution in [3.63, 3.8) is 0 Å². The van der Waals surface area contributed by atoms with E-state index in [-0.39, 0.29) is 19.4 Å². The van der Waals surface area contributed by atoms with E-state index in [1.165, 1.54) is 4.90 Å². The molecule has 0 aromatic heterocycles. The number of ether oxygens (including phenoxy) is 2. The Morgan fingerprint density at radius 3 is 2.02 bits per heavy atom. The second-order valence-electron chi connectivity index (χ2n) is 16.1. The summed E-state index contributed by atoms with van der Waals surface area (Å²) in [5.41, 5.74) is 3.69. The lowest BCUT2D eigenvalue weighted by molar-refractivity contribution is -0.144. The van der Waals surface area contributed by atoms with E-state index in [2.05, 4.69) is 21.3 Å². The molecule has 1 aliphatic heterocycles. The van der Waals surface area contributed by atoms with Crippen molar-refractivity contribution >= 4 is 41.4 Å². The van der Waals surface area contributed by atoms with Crippen molar-refractivity contribution in [2.45, 2.75) is 136 Å². The summed E-state index contributed by atoms with van der Waals surface area (Å²) >= 11 is 0. The molecule has 6 amide bonds. The van der Waals surface area contributed by atoms with Gasteiger partial charge in [-0.05, 0) is 58.9 Å². The zero-order valence-corrected chi connectivity index (χ0v) is 32.2. The van der Waals surface area contributed by atoms with Crippen LogP contribution in [0.1, 0.15) is 107 Å². The molecule has 290 valence electrons. The zero-order chi connectivity index (χ0) is 39.6. The van der Waals surface area contributed by atoms with Crippen LogP contribution in [0, 0.1) is 5.41 Å². The second kappa shape index (κ2) is 18.3. The summed E-state index contributed by atoms with van der Waals surface area (Å²) < 4.78 is 11.6. The van der Waals surface area contributed by atoms with Crippen molar-refractivity contribution in [2.75, 3.05) is 13.1 Å². The molecule has 0 bridgehead atoms. The van der Waals surface area contributed by atoms with Crippen molar-refractivity contribution in [3.8, 4) is 0 Å². The number of primary amides is 1. The first kappa shape index (κ1) is 43.6. The molecule has 1 unspecified atom stereocenters. The van der Waals surface area contributed by atoms with Gasteiger partial charge >= 0.3 is 6.09 Å². The third-order valence-electron chi connectivity index (χ3n) is 7.98. The van der Waals surface area contributed by atoms with Gasteiger partial charge in [0.15, 0.2) is 0 Å². The van der Waals surface area contributed by atoms with Gasteiger partial charge in [0.05, 0.1) is 24.3 Å². The van der Waals surface area contributed by atoms with Crippen LogP contribution in [0.4, 0.5) is 4.79 Å². The largest absolute Gasteiger partial charge is 0.444 e. The van der Waals surface area contributed by atoms with Crippen LogP contribution in [0.2, 0.25) is 0 Å². The first-order chi connectivity index (χ1) is 23.9. The summed E-state index contributed by atoms with van der Waals surface area (Å²) in [5, 5.41) is 10.1. The van der Waals surface area contributed by atoms with Crippen LogP contribution in [0.15, 0.2) is 30.3 Å². The van der Waals surface area contributed by atoms with Gasteiger partial charge in [-0.1, -0.05) is 70.9 Å². The fourth-order valence-electron chi connectivity index (χ4n) is 5.64. The van der Waals surface area contributed by atoms with E-state index in [0.29, 0.717) is 18.4 Å². The molecule has 1 aromatic carbocycles. The molecule has 52 heavy (non-hydrogen) atoms. The number of benzene rings is 1. The highest BCUT2D eigenvalue weighted by molar-refractivity contribution is 6.38.